The fourth-order valence-corrected chi connectivity index (χ4v) is 4.14. The van der Waals surface area contributed by atoms with Gasteiger partial charge in [0.1, 0.15) is 5.60 Å². The molecule has 2 aromatic carbocycles. The number of para-hydroxylation sites is 1. The predicted octanol–water partition coefficient (Wildman–Crippen LogP) is 3.72. The molecule has 4 rings (SSSR count). The molecule has 1 saturated heterocycles. The lowest BCUT2D eigenvalue weighted by Crippen LogP contribution is -2.50. The average molecular weight is 379 g/mol. The number of fused-ring (bicyclic) bond motifs is 2. The van der Waals surface area contributed by atoms with Crippen LogP contribution in [0, 0.1) is 0 Å². The van der Waals surface area contributed by atoms with E-state index in [2.05, 4.69) is 16.3 Å². The monoisotopic (exact) mass is 379 g/mol. The number of hydrogen-bond donors (Lipinski definition) is 1. The number of carbonyl (C=O) groups excluding carboxylic acids is 2. The standard InChI is InChI=1S/C22H25N3O3/c1-16(26)23-18-9-7-17(8-10-18)15-25-13-11-22(12-14-25)19-5-3-4-6-20(19)24(2)21(27)28-22/h3-10H,11-15H2,1-2H3,(H,23,26). The number of carbonyl (C=O) groups is 2. The zero-order valence-electron chi connectivity index (χ0n) is 16.3. The van der Waals surface area contributed by atoms with Crippen molar-refractivity contribution in [2.75, 3.05) is 30.4 Å². The van der Waals surface area contributed by atoms with Gasteiger partial charge in [0.2, 0.25) is 5.91 Å². The first kappa shape index (κ1) is 18.5. The number of likely N-dealkylation sites (tertiary alicyclic amines) is 1. The molecule has 1 N–H and O–H groups in total. The number of piperidine rings is 1. The van der Waals surface area contributed by atoms with Crippen LogP contribution in [-0.2, 0) is 21.7 Å². The van der Waals surface area contributed by atoms with Gasteiger partial charge in [-0.3, -0.25) is 14.6 Å². The molecule has 1 spiro atoms. The molecular weight excluding hydrogens is 354 g/mol. The zero-order valence-corrected chi connectivity index (χ0v) is 16.3. The minimum Gasteiger partial charge on any atom is -0.437 e. The van der Waals surface area contributed by atoms with Crippen molar-refractivity contribution in [3.63, 3.8) is 0 Å². The molecule has 0 radical (unpaired) electrons. The highest BCUT2D eigenvalue weighted by atomic mass is 16.6. The highest BCUT2D eigenvalue weighted by Crippen LogP contribution is 2.45. The number of nitrogens with one attached hydrogen (secondary N) is 1. The van der Waals surface area contributed by atoms with E-state index in [1.54, 1.807) is 11.9 Å². The second-order valence-corrected chi connectivity index (χ2v) is 7.59. The Morgan fingerprint density at radius 3 is 2.46 bits per heavy atom. The number of benzene rings is 2. The minimum absolute atomic E-state index is 0.0676. The van der Waals surface area contributed by atoms with E-state index in [-0.39, 0.29) is 12.0 Å². The Morgan fingerprint density at radius 2 is 1.79 bits per heavy atom. The molecule has 0 aromatic heterocycles. The first-order chi connectivity index (χ1) is 13.5. The van der Waals surface area contributed by atoms with E-state index in [9.17, 15) is 9.59 Å². The van der Waals surface area contributed by atoms with Gasteiger partial charge in [-0.05, 0) is 23.8 Å². The molecule has 146 valence electrons. The highest BCUT2D eigenvalue weighted by Gasteiger charge is 2.45. The molecule has 0 saturated carbocycles. The topological polar surface area (TPSA) is 61.9 Å². The first-order valence-corrected chi connectivity index (χ1v) is 9.62. The molecular formula is C22H25N3O3. The number of amides is 2. The van der Waals surface area contributed by atoms with Gasteiger partial charge in [0.15, 0.2) is 0 Å². The van der Waals surface area contributed by atoms with Crippen LogP contribution in [0.4, 0.5) is 16.2 Å². The smallest absolute Gasteiger partial charge is 0.414 e. The minimum atomic E-state index is -0.522. The molecule has 2 amide bonds. The van der Waals surface area contributed by atoms with E-state index in [1.807, 2.05) is 42.5 Å². The summed E-state index contributed by atoms with van der Waals surface area (Å²) in [5, 5.41) is 2.79. The number of hydrogen-bond acceptors (Lipinski definition) is 4. The Hall–Kier alpha value is -2.86. The van der Waals surface area contributed by atoms with Gasteiger partial charge in [-0.1, -0.05) is 30.3 Å². The van der Waals surface area contributed by atoms with Crippen LogP contribution in [0.15, 0.2) is 48.5 Å². The summed E-state index contributed by atoms with van der Waals surface area (Å²) in [6, 6.07) is 16.0. The van der Waals surface area contributed by atoms with Gasteiger partial charge in [0.05, 0.1) is 5.69 Å². The molecule has 1 fully saturated rings. The summed E-state index contributed by atoms with van der Waals surface area (Å²) in [4.78, 5) is 27.5. The third-order valence-electron chi connectivity index (χ3n) is 5.66. The Balaban J connectivity index is 1.44. The van der Waals surface area contributed by atoms with Crippen molar-refractivity contribution in [1.82, 2.24) is 4.90 Å². The molecule has 0 atom stereocenters. The molecule has 6 nitrogen and oxygen atoms in total. The van der Waals surface area contributed by atoms with Crippen molar-refractivity contribution in [2.45, 2.75) is 31.9 Å². The number of rotatable bonds is 3. The fraction of sp³-hybridized carbons (Fsp3) is 0.364. The zero-order chi connectivity index (χ0) is 19.7. The summed E-state index contributed by atoms with van der Waals surface area (Å²) in [5.74, 6) is -0.0676. The van der Waals surface area contributed by atoms with Crippen molar-refractivity contribution >= 4 is 23.4 Å². The van der Waals surface area contributed by atoms with Crippen LogP contribution in [0.3, 0.4) is 0 Å². The second-order valence-electron chi connectivity index (χ2n) is 7.59. The first-order valence-electron chi connectivity index (χ1n) is 9.62. The molecule has 0 unspecified atom stereocenters. The molecule has 2 heterocycles. The molecule has 0 bridgehead atoms. The highest BCUT2D eigenvalue weighted by molar-refractivity contribution is 5.91. The van der Waals surface area contributed by atoms with Crippen molar-refractivity contribution < 1.29 is 14.3 Å². The normalized spacial score (nSPS) is 18.5. The molecule has 6 heteroatoms. The third kappa shape index (κ3) is 3.47. The van der Waals surface area contributed by atoms with Crippen LogP contribution in [0.5, 0.6) is 0 Å². The Bertz CT molecular complexity index is 886. The second kappa shape index (κ2) is 7.28. The van der Waals surface area contributed by atoms with Crippen LogP contribution < -0.4 is 10.2 Å². The van der Waals surface area contributed by atoms with E-state index in [4.69, 9.17) is 4.74 Å². The number of nitrogens with zero attached hydrogens (tertiary/aromatic N) is 2. The van der Waals surface area contributed by atoms with Crippen molar-refractivity contribution in [2.24, 2.45) is 0 Å². The van der Waals surface area contributed by atoms with Crippen molar-refractivity contribution in [1.29, 1.82) is 0 Å². The van der Waals surface area contributed by atoms with Gasteiger partial charge in [0.25, 0.3) is 0 Å². The summed E-state index contributed by atoms with van der Waals surface area (Å²) in [6.07, 6.45) is 1.29. The lowest BCUT2D eigenvalue weighted by Gasteiger charge is -2.46. The number of ether oxygens (including phenoxy) is 1. The Morgan fingerprint density at radius 1 is 1.11 bits per heavy atom. The van der Waals surface area contributed by atoms with Crippen LogP contribution in [-0.4, -0.2) is 37.0 Å². The molecule has 28 heavy (non-hydrogen) atoms. The fourth-order valence-electron chi connectivity index (χ4n) is 4.14. The van der Waals surface area contributed by atoms with Gasteiger partial charge >= 0.3 is 6.09 Å². The maximum atomic E-state index is 12.4. The Labute approximate surface area is 165 Å². The molecule has 2 aliphatic rings. The molecule has 2 aromatic rings. The van der Waals surface area contributed by atoms with Gasteiger partial charge in [-0.2, -0.15) is 0 Å². The van der Waals surface area contributed by atoms with E-state index in [0.29, 0.717) is 0 Å². The quantitative estimate of drug-likeness (QED) is 0.883. The molecule has 0 aliphatic carbocycles. The van der Waals surface area contributed by atoms with Gasteiger partial charge in [0, 0.05) is 57.7 Å². The maximum absolute atomic E-state index is 12.4. The van der Waals surface area contributed by atoms with Crippen molar-refractivity contribution in [3.8, 4) is 0 Å². The lowest BCUT2D eigenvalue weighted by molar-refractivity contribution is -0.114. The van der Waals surface area contributed by atoms with E-state index in [0.717, 1.165) is 49.4 Å². The van der Waals surface area contributed by atoms with Gasteiger partial charge in [-0.25, -0.2) is 4.79 Å². The lowest BCUT2D eigenvalue weighted by atomic mass is 9.82. The summed E-state index contributed by atoms with van der Waals surface area (Å²) in [6.45, 7) is 4.06. The average Bonchev–Trinajstić information content (AvgIpc) is 2.69. The van der Waals surface area contributed by atoms with Gasteiger partial charge < -0.3 is 10.1 Å². The van der Waals surface area contributed by atoms with Crippen LogP contribution in [0.2, 0.25) is 0 Å². The predicted molar refractivity (Wildman–Crippen MR) is 108 cm³/mol. The van der Waals surface area contributed by atoms with E-state index in [1.165, 1.54) is 12.5 Å². The Kier molecular flexibility index (Phi) is 4.81. The maximum Gasteiger partial charge on any atom is 0.414 e. The van der Waals surface area contributed by atoms with Gasteiger partial charge in [-0.15, -0.1) is 0 Å². The van der Waals surface area contributed by atoms with Crippen molar-refractivity contribution in [3.05, 3.63) is 59.7 Å². The summed E-state index contributed by atoms with van der Waals surface area (Å²) in [5.41, 5.74) is 3.54. The van der Waals surface area contributed by atoms with Crippen LogP contribution in [0.1, 0.15) is 30.9 Å². The summed E-state index contributed by atoms with van der Waals surface area (Å²) in [7, 11) is 1.76. The van der Waals surface area contributed by atoms with E-state index < -0.39 is 5.60 Å². The third-order valence-corrected chi connectivity index (χ3v) is 5.66. The van der Waals surface area contributed by atoms with E-state index >= 15 is 0 Å². The largest absolute Gasteiger partial charge is 0.437 e. The number of anilines is 2. The van der Waals surface area contributed by atoms with Crippen LogP contribution in [0.25, 0.3) is 0 Å². The van der Waals surface area contributed by atoms with Crippen LogP contribution >= 0.6 is 0 Å². The summed E-state index contributed by atoms with van der Waals surface area (Å²) >= 11 is 0. The summed E-state index contributed by atoms with van der Waals surface area (Å²) < 4.78 is 5.92. The molecule has 2 aliphatic heterocycles. The SMILES string of the molecule is CC(=O)Nc1ccc(CN2CCC3(CC2)OC(=O)N(C)c2ccccc23)cc1.